The first-order valence-corrected chi connectivity index (χ1v) is 9.79. The zero-order valence-electron chi connectivity index (χ0n) is 16.3. The van der Waals surface area contributed by atoms with E-state index >= 15 is 0 Å². The largest absolute Gasteiger partial charge is 0.381 e. The molecular weight excluding hydrogens is 455 g/mol. The summed E-state index contributed by atoms with van der Waals surface area (Å²) in [5, 5.41) is 6.79. The number of anilines is 1. The molecule has 0 aromatic heterocycles. The molecule has 1 aliphatic carbocycles. The minimum absolute atomic E-state index is 0. The number of guanidine groups is 1. The molecule has 7 heteroatoms. The van der Waals surface area contributed by atoms with Crippen molar-refractivity contribution in [2.75, 3.05) is 58.0 Å². The van der Waals surface area contributed by atoms with Gasteiger partial charge in [0.15, 0.2) is 5.96 Å². The van der Waals surface area contributed by atoms with Gasteiger partial charge in [-0.3, -0.25) is 4.99 Å². The van der Waals surface area contributed by atoms with Crippen molar-refractivity contribution in [3.05, 3.63) is 29.8 Å². The molecule has 1 heterocycles. The SMILES string of the molecule is CN=C(NCCCOCC1CC1)NCc1ccccc1N1CCOCC1.I. The van der Waals surface area contributed by atoms with Gasteiger partial charge >= 0.3 is 0 Å². The number of halogens is 1. The Labute approximate surface area is 180 Å². The van der Waals surface area contributed by atoms with Gasteiger partial charge in [-0.2, -0.15) is 0 Å². The van der Waals surface area contributed by atoms with E-state index in [1.54, 1.807) is 0 Å². The molecule has 0 unspecified atom stereocenters. The molecule has 0 spiro atoms. The van der Waals surface area contributed by atoms with E-state index in [4.69, 9.17) is 9.47 Å². The zero-order chi connectivity index (χ0) is 18.0. The molecule has 1 aromatic carbocycles. The fourth-order valence-corrected chi connectivity index (χ4v) is 3.09. The van der Waals surface area contributed by atoms with E-state index in [0.29, 0.717) is 0 Å². The Hall–Kier alpha value is -1.06. The highest BCUT2D eigenvalue weighted by atomic mass is 127. The van der Waals surface area contributed by atoms with E-state index in [2.05, 4.69) is 44.8 Å². The van der Waals surface area contributed by atoms with Gasteiger partial charge in [0.05, 0.1) is 13.2 Å². The number of para-hydroxylation sites is 1. The number of morpholine rings is 1. The van der Waals surface area contributed by atoms with E-state index in [9.17, 15) is 0 Å². The number of hydrogen-bond donors (Lipinski definition) is 2. The van der Waals surface area contributed by atoms with Crippen molar-refractivity contribution < 1.29 is 9.47 Å². The number of nitrogens with one attached hydrogen (secondary N) is 2. The van der Waals surface area contributed by atoms with Crippen molar-refractivity contribution in [3.8, 4) is 0 Å². The molecule has 2 fully saturated rings. The Morgan fingerprint density at radius 1 is 1.22 bits per heavy atom. The number of nitrogens with zero attached hydrogens (tertiary/aromatic N) is 2. The topological polar surface area (TPSA) is 58.1 Å². The average molecular weight is 488 g/mol. The number of rotatable bonds is 9. The standard InChI is InChI=1S/C20H32N4O2.HI/c1-21-20(22-9-4-12-26-16-17-7-8-17)23-15-18-5-2-3-6-19(18)24-10-13-25-14-11-24;/h2-3,5-6,17H,4,7-16H2,1H3,(H2,21,22,23);1H. The fourth-order valence-electron chi connectivity index (χ4n) is 3.09. The number of benzene rings is 1. The summed E-state index contributed by atoms with van der Waals surface area (Å²) in [6.07, 6.45) is 3.69. The summed E-state index contributed by atoms with van der Waals surface area (Å²) in [7, 11) is 1.81. The molecule has 27 heavy (non-hydrogen) atoms. The third kappa shape index (κ3) is 7.83. The maximum Gasteiger partial charge on any atom is 0.191 e. The number of ether oxygens (including phenoxy) is 2. The van der Waals surface area contributed by atoms with E-state index in [1.165, 1.54) is 24.1 Å². The van der Waals surface area contributed by atoms with Crippen LogP contribution in [-0.4, -0.2) is 59.1 Å². The molecule has 1 saturated carbocycles. The molecule has 3 rings (SSSR count). The minimum Gasteiger partial charge on any atom is -0.381 e. The lowest BCUT2D eigenvalue weighted by molar-refractivity contribution is 0.122. The summed E-state index contributed by atoms with van der Waals surface area (Å²) in [5.41, 5.74) is 2.57. The maximum absolute atomic E-state index is 5.67. The molecule has 0 radical (unpaired) electrons. The van der Waals surface area contributed by atoms with Crippen LogP contribution in [0.4, 0.5) is 5.69 Å². The smallest absolute Gasteiger partial charge is 0.191 e. The van der Waals surface area contributed by atoms with Gasteiger partial charge in [0.25, 0.3) is 0 Å². The van der Waals surface area contributed by atoms with Crippen molar-refractivity contribution in [2.24, 2.45) is 10.9 Å². The van der Waals surface area contributed by atoms with Crippen molar-refractivity contribution >= 4 is 35.6 Å². The molecule has 2 aliphatic rings. The van der Waals surface area contributed by atoms with Gasteiger partial charge in [-0.25, -0.2) is 0 Å². The van der Waals surface area contributed by atoms with Crippen LogP contribution in [-0.2, 0) is 16.0 Å². The minimum atomic E-state index is 0. The van der Waals surface area contributed by atoms with Crippen LogP contribution in [0.5, 0.6) is 0 Å². The van der Waals surface area contributed by atoms with Crippen LogP contribution < -0.4 is 15.5 Å². The lowest BCUT2D eigenvalue weighted by atomic mass is 10.1. The lowest BCUT2D eigenvalue weighted by Gasteiger charge is -2.30. The van der Waals surface area contributed by atoms with E-state index < -0.39 is 0 Å². The molecular formula is C20H33IN4O2. The highest BCUT2D eigenvalue weighted by molar-refractivity contribution is 14.0. The maximum atomic E-state index is 5.67. The quantitative estimate of drug-likeness (QED) is 0.242. The van der Waals surface area contributed by atoms with Crippen molar-refractivity contribution in [3.63, 3.8) is 0 Å². The van der Waals surface area contributed by atoms with Crippen LogP contribution in [0.15, 0.2) is 29.3 Å². The Morgan fingerprint density at radius 2 is 2.00 bits per heavy atom. The summed E-state index contributed by atoms with van der Waals surface area (Å²) in [6, 6.07) is 8.56. The molecule has 6 nitrogen and oxygen atoms in total. The van der Waals surface area contributed by atoms with Crippen molar-refractivity contribution in [1.29, 1.82) is 0 Å². The predicted octanol–water partition coefficient (Wildman–Crippen LogP) is 2.62. The first-order chi connectivity index (χ1) is 12.9. The van der Waals surface area contributed by atoms with E-state index in [1.807, 2.05) is 7.05 Å². The number of hydrogen-bond acceptors (Lipinski definition) is 4. The Balaban J connectivity index is 0.00000261. The van der Waals surface area contributed by atoms with Gasteiger partial charge in [-0.15, -0.1) is 24.0 Å². The van der Waals surface area contributed by atoms with Crippen LogP contribution in [0, 0.1) is 5.92 Å². The molecule has 0 amide bonds. The third-order valence-electron chi connectivity index (χ3n) is 4.82. The Kier molecular flexibility index (Phi) is 10.2. The second-order valence-corrected chi connectivity index (χ2v) is 6.95. The fraction of sp³-hybridized carbons (Fsp3) is 0.650. The second-order valence-electron chi connectivity index (χ2n) is 6.95. The summed E-state index contributed by atoms with van der Waals surface area (Å²) < 4.78 is 11.1. The third-order valence-corrected chi connectivity index (χ3v) is 4.82. The van der Waals surface area contributed by atoms with Crippen LogP contribution in [0.3, 0.4) is 0 Å². The molecule has 0 atom stereocenters. The molecule has 152 valence electrons. The molecule has 1 aliphatic heterocycles. The van der Waals surface area contributed by atoms with Crippen LogP contribution >= 0.6 is 24.0 Å². The van der Waals surface area contributed by atoms with Gasteiger partial charge in [0.2, 0.25) is 0 Å². The van der Waals surface area contributed by atoms with Gasteiger partial charge in [-0.05, 0) is 36.8 Å². The first kappa shape index (κ1) is 22.2. The zero-order valence-corrected chi connectivity index (χ0v) is 18.6. The molecule has 0 bridgehead atoms. The lowest BCUT2D eigenvalue weighted by Crippen LogP contribution is -2.39. The molecule has 1 aromatic rings. The molecule has 1 saturated heterocycles. The van der Waals surface area contributed by atoms with Crippen LogP contribution in [0.1, 0.15) is 24.8 Å². The van der Waals surface area contributed by atoms with Crippen LogP contribution in [0.2, 0.25) is 0 Å². The Bertz CT molecular complexity index is 575. The molecule has 2 N–H and O–H groups in total. The number of aliphatic imine (C=N–C) groups is 1. The predicted molar refractivity (Wildman–Crippen MR) is 121 cm³/mol. The summed E-state index contributed by atoms with van der Waals surface area (Å²) in [6.45, 7) is 6.88. The van der Waals surface area contributed by atoms with E-state index in [0.717, 1.165) is 70.9 Å². The van der Waals surface area contributed by atoms with Gasteiger partial charge in [0, 0.05) is 52.1 Å². The van der Waals surface area contributed by atoms with Gasteiger partial charge < -0.3 is 25.0 Å². The summed E-state index contributed by atoms with van der Waals surface area (Å²) in [5.74, 6) is 1.67. The normalized spacial score (nSPS) is 17.4. The highest BCUT2D eigenvalue weighted by Gasteiger charge is 2.20. The second kappa shape index (κ2) is 12.4. The monoisotopic (exact) mass is 488 g/mol. The summed E-state index contributed by atoms with van der Waals surface area (Å²) in [4.78, 5) is 6.72. The Morgan fingerprint density at radius 3 is 2.74 bits per heavy atom. The van der Waals surface area contributed by atoms with E-state index in [-0.39, 0.29) is 24.0 Å². The van der Waals surface area contributed by atoms with Crippen LogP contribution in [0.25, 0.3) is 0 Å². The highest BCUT2D eigenvalue weighted by Crippen LogP contribution is 2.28. The average Bonchev–Trinajstić information content (AvgIpc) is 3.52. The van der Waals surface area contributed by atoms with Gasteiger partial charge in [0.1, 0.15) is 0 Å². The van der Waals surface area contributed by atoms with Gasteiger partial charge in [-0.1, -0.05) is 18.2 Å². The summed E-state index contributed by atoms with van der Waals surface area (Å²) >= 11 is 0. The van der Waals surface area contributed by atoms with Crippen molar-refractivity contribution in [2.45, 2.75) is 25.8 Å². The van der Waals surface area contributed by atoms with Crippen molar-refractivity contribution in [1.82, 2.24) is 10.6 Å². The first-order valence-electron chi connectivity index (χ1n) is 9.79.